The zero-order valence-corrected chi connectivity index (χ0v) is 46.6. The summed E-state index contributed by atoms with van der Waals surface area (Å²) in [5.41, 5.74) is 80.8. The average Bonchev–Trinajstić information content (AvgIpc) is 1.38. The molecule has 85 heavy (non-hydrogen) atoms. The van der Waals surface area contributed by atoms with E-state index in [1.165, 1.54) is 38.5 Å². The highest BCUT2D eigenvalue weighted by Gasteiger charge is 2.96. The van der Waals surface area contributed by atoms with Crippen LogP contribution in [0.15, 0.2) is 101 Å². The van der Waals surface area contributed by atoms with Gasteiger partial charge in [-0.05, 0) is 333 Å². The lowest BCUT2D eigenvalue weighted by molar-refractivity contribution is 0.00270. The highest BCUT2D eigenvalue weighted by Crippen LogP contribution is 3.03. The number of hydrogen-bond acceptors (Lipinski definition) is 0. The maximum Gasteiger partial charge on any atom is 0.0471 e. The van der Waals surface area contributed by atoms with Crippen LogP contribution in [-0.4, -0.2) is 0 Å². The molecule has 8 aromatic rings. The van der Waals surface area contributed by atoms with Gasteiger partial charge in [0, 0.05) is 79.8 Å². The summed E-state index contributed by atoms with van der Waals surface area (Å²) in [5.74, 6) is 9.88. The molecule has 1 fully saturated rings. The summed E-state index contributed by atoms with van der Waals surface area (Å²) in [5, 5.41) is 0. The maximum absolute atomic E-state index is 3.16. The maximum atomic E-state index is 3.16. The van der Waals surface area contributed by atoms with Crippen LogP contribution in [0.3, 0.4) is 0 Å². The van der Waals surface area contributed by atoms with Crippen molar-refractivity contribution in [1.29, 1.82) is 0 Å². The van der Waals surface area contributed by atoms with Gasteiger partial charge in [-0.15, -0.1) is 0 Å². The molecule has 6 spiro atoms. The van der Waals surface area contributed by atoms with Crippen molar-refractivity contribution in [3.8, 4) is 33.4 Å². The first-order valence-corrected chi connectivity index (χ1v) is 34.8. The average molecular weight is 1070 g/mol. The summed E-state index contributed by atoms with van der Waals surface area (Å²) in [7, 11) is 0. The van der Waals surface area contributed by atoms with Crippen molar-refractivity contribution in [2.24, 2.45) is 47.3 Å². The molecule has 0 N–H and O–H groups in total. The van der Waals surface area contributed by atoms with E-state index >= 15 is 0 Å². The van der Waals surface area contributed by atoms with Crippen molar-refractivity contribution in [3.05, 3.63) is 262 Å². The summed E-state index contributed by atoms with van der Waals surface area (Å²) in [4.78, 5) is 0. The van der Waals surface area contributed by atoms with Gasteiger partial charge >= 0.3 is 0 Å². The van der Waals surface area contributed by atoms with E-state index in [2.05, 4.69) is 164 Å². The Balaban J connectivity index is 0.961. The Kier molecular flexibility index (Phi) is 3.74. The molecule has 0 saturated heterocycles. The van der Waals surface area contributed by atoms with E-state index in [9.17, 15) is 0 Å². The van der Waals surface area contributed by atoms with E-state index in [0.717, 1.165) is 0 Å². The molecule has 36 rings (SSSR count). The second-order valence-electron chi connectivity index (χ2n) is 35.3. The minimum Gasteiger partial charge on any atom is -0.0620 e. The molecule has 28 aliphatic carbocycles. The molecule has 2 bridgehead atoms. The Bertz CT molecular complexity index is 5930. The number of hydrogen-bond donors (Lipinski definition) is 0. The van der Waals surface area contributed by atoms with Gasteiger partial charge in [0.05, 0.1) is 0 Å². The molecular formula is C85H46. The molecule has 24 atom stereocenters. The van der Waals surface area contributed by atoms with Crippen LogP contribution in [-0.2, 0) is 51.8 Å². The van der Waals surface area contributed by atoms with Gasteiger partial charge in [0.2, 0.25) is 0 Å². The number of allylic oxidation sites excluding steroid dienone is 5. The number of fused-ring (bicyclic) bond motifs is 8. The smallest absolute Gasteiger partial charge is 0.0471 e. The number of aryl methyl sites for hydroxylation is 3. The van der Waals surface area contributed by atoms with Crippen molar-refractivity contribution in [1.82, 2.24) is 0 Å². The second kappa shape index (κ2) is 8.78. The predicted molar refractivity (Wildman–Crippen MR) is 318 cm³/mol. The monoisotopic (exact) mass is 1070 g/mol. The fourth-order valence-corrected chi connectivity index (χ4v) is 38.6. The Labute approximate surface area is 488 Å². The van der Waals surface area contributed by atoms with Crippen molar-refractivity contribution in [3.63, 3.8) is 0 Å². The molecule has 0 heterocycles. The van der Waals surface area contributed by atoms with Crippen LogP contribution in [0.5, 0.6) is 0 Å². The summed E-state index contributed by atoms with van der Waals surface area (Å²) in [6, 6.07) is 35.5. The van der Waals surface area contributed by atoms with Gasteiger partial charge in [0.1, 0.15) is 0 Å². The molecule has 0 amide bonds. The van der Waals surface area contributed by atoms with Gasteiger partial charge in [-0.3, -0.25) is 0 Å². The van der Waals surface area contributed by atoms with Gasteiger partial charge in [-0.25, -0.2) is 0 Å². The lowest BCUT2D eigenvalue weighted by Crippen LogP contribution is -2.67. The standard InChI is InChI=1S/C85H46/c1-21-30-32-25-20-26-33-36-31(21)38-41-37(30)42-44-39(32)48-50-34(25)69-35(26)51-40(33)58-60-59-62-74-65-63-72-56-49-46(53-47(38)52(36)67(58)80-17-14-22-8-2-5-11-27(22)83(74,79(60)80)73(63)61(49)68(53)80)43(41)45(42)54(56)70-55(44)57(48)76-64-66(78(65)85(76)29-13-7-4-10-24(29)16-19-82(70,72)85)77(62)84(75(51)59)28-12-6-3-9-23(28)15-18-81(69,84)71(50)64/h2-13,20,32,39,47,49,51,53,56-57,59-60,63-64,68,71-72,75-76,79H,14-19H2,1H3. The van der Waals surface area contributed by atoms with Gasteiger partial charge in [0.25, 0.3) is 0 Å². The highest BCUT2D eigenvalue weighted by atomic mass is 15.0. The van der Waals surface area contributed by atoms with Crippen molar-refractivity contribution < 1.29 is 0 Å². The molecule has 0 heteroatoms. The van der Waals surface area contributed by atoms with Crippen LogP contribution in [0.4, 0.5) is 0 Å². The Morgan fingerprint density at radius 1 is 0.388 bits per heavy atom. The normalized spacial score (nSPS) is 49.3. The molecule has 24 unspecified atom stereocenters. The van der Waals surface area contributed by atoms with Crippen LogP contribution in [0, 0.1) is 54.3 Å². The van der Waals surface area contributed by atoms with Crippen LogP contribution in [0.1, 0.15) is 240 Å². The molecule has 1 saturated carbocycles. The van der Waals surface area contributed by atoms with Crippen LogP contribution >= 0.6 is 0 Å². The third-order valence-corrected chi connectivity index (χ3v) is 36.9. The van der Waals surface area contributed by atoms with E-state index < -0.39 is 0 Å². The van der Waals surface area contributed by atoms with Gasteiger partial charge in [-0.1, -0.05) is 78.4 Å². The molecule has 28 aliphatic rings. The predicted octanol–water partition coefficient (Wildman–Crippen LogP) is 15.4. The molecule has 0 aromatic heterocycles. The van der Waals surface area contributed by atoms with E-state index in [-0.39, 0.29) is 32.5 Å². The summed E-state index contributed by atoms with van der Waals surface area (Å²) >= 11 is 0. The summed E-state index contributed by atoms with van der Waals surface area (Å²) in [6.07, 6.45) is 7.86. The minimum atomic E-state index is -0.102. The second-order valence-corrected chi connectivity index (χ2v) is 35.3. The van der Waals surface area contributed by atoms with Gasteiger partial charge in [-0.2, -0.15) is 0 Å². The highest BCUT2D eigenvalue weighted by molar-refractivity contribution is 6.19. The van der Waals surface area contributed by atoms with E-state index in [4.69, 9.17) is 0 Å². The Morgan fingerprint density at radius 2 is 1.11 bits per heavy atom. The van der Waals surface area contributed by atoms with Crippen molar-refractivity contribution in [2.45, 2.75) is 137 Å². The van der Waals surface area contributed by atoms with Gasteiger partial charge < -0.3 is 0 Å². The molecular weight excluding hydrogens is 1020 g/mol. The topological polar surface area (TPSA) is 0 Å². The van der Waals surface area contributed by atoms with E-state index in [0.29, 0.717) is 107 Å². The number of rotatable bonds is 0. The first-order chi connectivity index (χ1) is 42.2. The molecule has 8 aromatic carbocycles. The Hall–Kier alpha value is -7.02. The third-order valence-electron chi connectivity index (χ3n) is 36.9. The quantitative estimate of drug-likeness (QED) is 0.133. The Morgan fingerprint density at radius 3 is 1.98 bits per heavy atom. The van der Waals surface area contributed by atoms with Crippen LogP contribution in [0.2, 0.25) is 0 Å². The zero-order valence-electron chi connectivity index (χ0n) is 46.6. The molecule has 0 aliphatic heterocycles. The minimum absolute atomic E-state index is 0.0356. The number of benzene rings is 8. The lowest BCUT2D eigenvalue weighted by Gasteiger charge is -2.69. The third kappa shape index (κ3) is 2.12. The zero-order chi connectivity index (χ0) is 51.5. The lowest BCUT2D eigenvalue weighted by atomic mass is 9.32. The SMILES string of the molecule is Cc1c2c3c4c5c1C1c6cc7c8c9c6C6=C%10C1c1c-5c5c%11c%12c1C%10C1C%10c%13c%14c%15c%16c%17c%13C1%13c1ccccc1CCC%12%13C1C%17C%12=C%13C(C(=C45)C4C3c3c-2c-7c2c5c3C3(CCc7ccccc7C%12%16C3C5C%15C(C28)C%142c3ccccc3CCC92C6%10)C%134)C%111. The molecule has 0 nitrogen and oxygen atoms in total. The largest absolute Gasteiger partial charge is 0.0620 e. The summed E-state index contributed by atoms with van der Waals surface area (Å²) in [6.45, 7) is 2.82. The van der Waals surface area contributed by atoms with E-state index in [1.54, 1.807) is 22.3 Å². The first kappa shape index (κ1) is 36.2. The molecule has 386 valence electrons. The van der Waals surface area contributed by atoms with Crippen LogP contribution in [0.25, 0.3) is 44.5 Å². The summed E-state index contributed by atoms with van der Waals surface area (Å²) < 4.78 is 0. The fraction of sp³-hybridized carbons (Fsp3) is 0.365. The van der Waals surface area contributed by atoms with Crippen molar-refractivity contribution in [2.75, 3.05) is 0 Å². The first-order valence-electron chi connectivity index (χ1n) is 34.8. The van der Waals surface area contributed by atoms with Gasteiger partial charge in [0.15, 0.2) is 0 Å². The van der Waals surface area contributed by atoms with Crippen molar-refractivity contribution >= 4 is 11.1 Å². The van der Waals surface area contributed by atoms with E-state index in [1.807, 2.05) is 128 Å². The van der Waals surface area contributed by atoms with Crippen LogP contribution < -0.4 is 0 Å². The fourth-order valence-electron chi connectivity index (χ4n) is 38.6. The molecule has 0 radical (unpaired) electrons.